The first-order valence-corrected chi connectivity index (χ1v) is 18.8. The minimum absolute atomic E-state index is 0.252. The number of nitrogens with zero attached hydrogens (tertiary/aromatic N) is 5. The summed E-state index contributed by atoms with van der Waals surface area (Å²) in [5.41, 5.74) is 11.8. The molecule has 2 heterocycles. The summed E-state index contributed by atoms with van der Waals surface area (Å²) in [6, 6.07) is 69.5. The second-order valence-electron chi connectivity index (χ2n) is 14.2. The summed E-state index contributed by atoms with van der Waals surface area (Å²) in [4.78, 5) is 6.21. The van der Waals surface area contributed by atoms with E-state index in [0.29, 0.717) is 11.1 Å². The van der Waals surface area contributed by atoms with Crippen LogP contribution in [0.1, 0.15) is 33.4 Å². The summed E-state index contributed by atoms with van der Waals surface area (Å²) in [6.45, 7) is 8.23. The third kappa shape index (κ3) is 4.99. The quantitative estimate of drug-likeness (QED) is 0.166. The molecule has 5 nitrogen and oxygen atoms in total. The van der Waals surface area contributed by atoms with E-state index in [2.05, 4.69) is 202 Å². The summed E-state index contributed by atoms with van der Waals surface area (Å²) in [5, 5.41) is 22.6. The fourth-order valence-electron chi connectivity index (χ4n) is 9.06. The molecule has 57 heavy (non-hydrogen) atoms. The van der Waals surface area contributed by atoms with Gasteiger partial charge in [-0.2, -0.15) is 10.5 Å². The predicted octanol–water partition coefficient (Wildman–Crippen LogP) is 12.9. The molecule has 0 saturated carbocycles. The molecule has 0 N–H and O–H groups in total. The Hall–Kier alpha value is -8.17. The lowest BCUT2D eigenvalue weighted by Crippen LogP contribution is -2.37. The van der Waals surface area contributed by atoms with Crippen LogP contribution in [0.5, 0.6) is 0 Å². The van der Waals surface area contributed by atoms with Crippen LogP contribution in [-0.2, 0) is 5.41 Å². The van der Waals surface area contributed by atoms with Crippen molar-refractivity contribution in [2.75, 3.05) is 4.90 Å². The molecule has 1 aliphatic rings. The van der Waals surface area contributed by atoms with Crippen molar-refractivity contribution in [3.8, 4) is 29.0 Å². The number of para-hydroxylation sites is 4. The number of fused-ring (bicyclic) bond motifs is 5. The van der Waals surface area contributed by atoms with Crippen LogP contribution in [0, 0.1) is 29.2 Å². The number of benzene rings is 8. The molecule has 0 amide bonds. The molecule has 0 spiro atoms. The lowest BCUT2D eigenvalue weighted by Gasteiger charge is -2.46. The van der Waals surface area contributed by atoms with E-state index in [9.17, 15) is 10.5 Å². The summed E-state index contributed by atoms with van der Waals surface area (Å²) in [7, 11) is 0. The summed E-state index contributed by atoms with van der Waals surface area (Å²) >= 11 is 0. The van der Waals surface area contributed by atoms with E-state index in [0.717, 1.165) is 66.8 Å². The van der Waals surface area contributed by atoms with Crippen LogP contribution in [0.4, 0.5) is 22.7 Å². The van der Waals surface area contributed by atoms with Gasteiger partial charge in [0.25, 0.3) is 0 Å². The van der Waals surface area contributed by atoms with Crippen LogP contribution in [0.2, 0.25) is 0 Å². The third-order valence-electron chi connectivity index (χ3n) is 11.3. The first-order valence-electron chi connectivity index (χ1n) is 18.8. The smallest absolute Gasteiger partial charge is 0.197 e. The molecule has 10 rings (SSSR count). The standard InChI is InChI=1S/C52H31N5/c1-55-46-29-35(33-53)28-37(34-54)51(46)36-30-40(56-47-24-12-8-20-42(47)43-21-9-13-25-48(43)56)32-41(31-36)57-49-26-14-10-22-44(49)52(38-16-4-2-5-17-38,39-18-6-3-7-19-39)45-23-11-15-27-50(45)57/h2-32H. The lowest BCUT2D eigenvalue weighted by atomic mass is 9.62. The molecule has 1 aromatic heterocycles. The van der Waals surface area contributed by atoms with Crippen molar-refractivity contribution in [2.24, 2.45) is 0 Å². The summed E-state index contributed by atoms with van der Waals surface area (Å²) < 4.78 is 2.27. The van der Waals surface area contributed by atoms with Gasteiger partial charge in [0.1, 0.15) is 0 Å². The average molecular weight is 726 g/mol. The van der Waals surface area contributed by atoms with Crippen molar-refractivity contribution in [3.63, 3.8) is 0 Å². The molecule has 0 unspecified atom stereocenters. The molecule has 0 saturated heterocycles. The van der Waals surface area contributed by atoms with E-state index in [4.69, 9.17) is 6.57 Å². The third-order valence-corrected chi connectivity index (χ3v) is 11.3. The van der Waals surface area contributed by atoms with E-state index < -0.39 is 5.41 Å². The molecular formula is C52H31N5. The van der Waals surface area contributed by atoms with E-state index in [1.54, 1.807) is 12.1 Å². The van der Waals surface area contributed by atoms with Crippen LogP contribution in [0.15, 0.2) is 188 Å². The topological polar surface area (TPSA) is 60.1 Å². The number of aromatic nitrogens is 1. The van der Waals surface area contributed by atoms with Gasteiger partial charge in [0.15, 0.2) is 5.69 Å². The molecule has 5 heteroatoms. The molecule has 264 valence electrons. The lowest BCUT2D eigenvalue weighted by molar-refractivity contribution is 0.731. The number of nitriles is 2. The highest BCUT2D eigenvalue weighted by Gasteiger charge is 2.46. The van der Waals surface area contributed by atoms with Crippen molar-refractivity contribution in [1.82, 2.24) is 4.57 Å². The van der Waals surface area contributed by atoms with Crippen molar-refractivity contribution >= 4 is 44.6 Å². The average Bonchev–Trinajstić information content (AvgIpc) is 3.62. The summed E-state index contributed by atoms with van der Waals surface area (Å²) in [6.07, 6.45) is 0. The molecule has 0 atom stereocenters. The van der Waals surface area contributed by atoms with Crippen molar-refractivity contribution in [1.29, 1.82) is 10.5 Å². The van der Waals surface area contributed by atoms with Gasteiger partial charge >= 0.3 is 0 Å². The largest absolute Gasteiger partial charge is 0.310 e. The monoisotopic (exact) mass is 725 g/mol. The Kier molecular flexibility index (Phi) is 7.79. The molecule has 1 aliphatic heterocycles. The Balaban J connectivity index is 1.33. The van der Waals surface area contributed by atoms with Crippen molar-refractivity contribution < 1.29 is 0 Å². The zero-order chi connectivity index (χ0) is 38.5. The van der Waals surface area contributed by atoms with Gasteiger partial charge in [0, 0.05) is 33.3 Å². The van der Waals surface area contributed by atoms with Crippen LogP contribution in [-0.4, -0.2) is 4.57 Å². The Morgan fingerprint density at radius 1 is 0.509 bits per heavy atom. The van der Waals surface area contributed by atoms with Crippen LogP contribution >= 0.6 is 0 Å². The predicted molar refractivity (Wildman–Crippen MR) is 228 cm³/mol. The second-order valence-corrected chi connectivity index (χ2v) is 14.2. The normalized spacial score (nSPS) is 12.6. The zero-order valence-electron chi connectivity index (χ0n) is 30.6. The number of anilines is 3. The number of hydrogen-bond acceptors (Lipinski definition) is 3. The highest BCUT2D eigenvalue weighted by atomic mass is 15.2. The van der Waals surface area contributed by atoms with Gasteiger partial charge in [-0.05, 0) is 82.4 Å². The Morgan fingerprint density at radius 3 is 1.56 bits per heavy atom. The van der Waals surface area contributed by atoms with E-state index in [1.165, 1.54) is 0 Å². The number of hydrogen-bond donors (Lipinski definition) is 0. The van der Waals surface area contributed by atoms with Crippen LogP contribution in [0.3, 0.4) is 0 Å². The fourth-order valence-corrected chi connectivity index (χ4v) is 9.06. The van der Waals surface area contributed by atoms with Gasteiger partial charge in [-0.15, -0.1) is 0 Å². The maximum absolute atomic E-state index is 10.5. The van der Waals surface area contributed by atoms with Gasteiger partial charge in [0.05, 0.1) is 52.1 Å². The molecule has 0 bridgehead atoms. The van der Waals surface area contributed by atoms with Gasteiger partial charge in [-0.3, -0.25) is 0 Å². The van der Waals surface area contributed by atoms with E-state index in [-0.39, 0.29) is 16.8 Å². The fraction of sp³-hybridized carbons (Fsp3) is 0.0192. The van der Waals surface area contributed by atoms with E-state index in [1.807, 2.05) is 0 Å². The Labute approximate surface area is 330 Å². The first kappa shape index (κ1) is 33.4. The maximum atomic E-state index is 10.5. The number of rotatable bonds is 5. The molecule has 0 aliphatic carbocycles. The molecule has 9 aromatic rings. The van der Waals surface area contributed by atoms with Gasteiger partial charge in [-0.1, -0.05) is 133 Å². The Bertz CT molecular complexity index is 3000. The van der Waals surface area contributed by atoms with Crippen LogP contribution in [0.25, 0.3) is 43.5 Å². The minimum atomic E-state index is -0.641. The van der Waals surface area contributed by atoms with Crippen molar-refractivity contribution in [2.45, 2.75) is 5.41 Å². The SMILES string of the molecule is [C-]#[N+]c1cc(C#N)cc(C#N)c1-c1cc(N2c3ccccc3C(c3ccccc3)(c3ccccc3)c3ccccc32)cc(-n2c3ccccc3c3ccccc32)c1. The highest BCUT2D eigenvalue weighted by molar-refractivity contribution is 6.09. The maximum Gasteiger partial charge on any atom is 0.197 e. The van der Waals surface area contributed by atoms with E-state index >= 15 is 0 Å². The van der Waals surface area contributed by atoms with Crippen LogP contribution < -0.4 is 4.90 Å². The summed E-state index contributed by atoms with van der Waals surface area (Å²) in [5.74, 6) is 0. The van der Waals surface area contributed by atoms with Gasteiger partial charge in [-0.25, -0.2) is 4.85 Å². The van der Waals surface area contributed by atoms with Gasteiger partial charge in [0.2, 0.25) is 0 Å². The molecule has 0 radical (unpaired) electrons. The highest BCUT2D eigenvalue weighted by Crippen LogP contribution is 2.58. The zero-order valence-corrected chi connectivity index (χ0v) is 30.6. The molecule has 8 aromatic carbocycles. The molecule has 0 fully saturated rings. The van der Waals surface area contributed by atoms with Crippen molar-refractivity contribution in [3.05, 3.63) is 233 Å². The Morgan fingerprint density at radius 2 is 1.02 bits per heavy atom. The second kappa shape index (κ2) is 13.3. The van der Waals surface area contributed by atoms with Gasteiger partial charge < -0.3 is 9.47 Å². The molecular weight excluding hydrogens is 695 g/mol. The first-order chi connectivity index (χ1) is 28.1. The minimum Gasteiger partial charge on any atom is -0.310 e.